The minimum absolute atomic E-state index is 0.634. The number of aromatic nitrogens is 2. The second kappa shape index (κ2) is 5.10. The van der Waals surface area contributed by atoms with E-state index in [4.69, 9.17) is 0 Å². The van der Waals surface area contributed by atoms with Gasteiger partial charge in [-0.05, 0) is 19.3 Å². The predicted octanol–water partition coefficient (Wildman–Crippen LogP) is 2.78. The lowest BCUT2D eigenvalue weighted by Gasteiger charge is -2.12. The molecule has 0 bridgehead atoms. The predicted molar refractivity (Wildman–Crippen MR) is 61.9 cm³/mol. The maximum absolute atomic E-state index is 4.26. The summed E-state index contributed by atoms with van der Waals surface area (Å²) in [6.45, 7) is 2.17. The molecular formula is C12H19N3. The summed E-state index contributed by atoms with van der Waals surface area (Å²) in [4.78, 5) is 8.52. The maximum Gasteiger partial charge on any atom is 0.129 e. The van der Waals surface area contributed by atoms with Gasteiger partial charge in [-0.2, -0.15) is 0 Å². The third-order valence-corrected chi connectivity index (χ3v) is 2.94. The first-order valence-electron chi connectivity index (χ1n) is 5.96. The van der Waals surface area contributed by atoms with E-state index in [2.05, 4.69) is 28.3 Å². The molecule has 15 heavy (non-hydrogen) atoms. The van der Waals surface area contributed by atoms with Crippen LogP contribution < -0.4 is 5.32 Å². The van der Waals surface area contributed by atoms with Crippen LogP contribution >= 0.6 is 0 Å². The number of hydrogen-bond acceptors (Lipinski definition) is 3. The Morgan fingerprint density at radius 3 is 2.87 bits per heavy atom. The average molecular weight is 205 g/mol. The Labute approximate surface area is 91.3 Å². The van der Waals surface area contributed by atoms with Crippen molar-refractivity contribution in [3.63, 3.8) is 0 Å². The van der Waals surface area contributed by atoms with Crippen molar-refractivity contribution in [3.05, 3.63) is 18.1 Å². The fraction of sp³-hybridized carbons (Fsp3) is 0.667. The minimum atomic E-state index is 0.634. The van der Waals surface area contributed by atoms with Crippen molar-refractivity contribution in [1.82, 2.24) is 9.97 Å². The molecule has 0 radical (unpaired) electrons. The van der Waals surface area contributed by atoms with Gasteiger partial charge in [0.05, 0.1) is 0 Å². The van der Waals surface area contributed by atoms with E-state index < -0.39 is 0 Å². The number of rotatable bonds is 4. The zero-order valence-electron chi connectivity index (χ0n) is 9.37. The van der Waals surface area contributed by atoms with E-state index in [1.807, 2.05) is 0 Å². The van der Waals surface area contributed by atoms with Crippen molar-refractivity contribution in [2.75, 3.05) is 5.32 Å². The molecule has 3 nitrogen and oxygen atoms in total. The molecule has 0 unspecified atom stereocenters. The van der Waals surface area contributed by atoms with Crippen LogP contribution in [0.2, 0.25) is 0 Å². The zero-order valence-corrected chi connectivity index (χ0v) is 9.37. The zero-order chi connectivity index (χ0) is 10.5. The molecule has 82 valence electrons. The molecule has 0 aromatic carbocycles. The maximum atomic E-state index is 4.26. The number of nitrogens with one attached hydrogen (secondary N) is 1. The highest BCUT2D eigenvalue weighted by atomic mass is 15.0. The van der Waals surface area contributed by atoms with Crippen LogP contribution in [0.4, 0.5) is 5.82 Å². The van der Waals surface area contributed by atoms with Gasteiger partial charge >= 0.3 is 0 Å². The van der Waals surface area contributed by atoms with Gasteiger partial charge in [0.25, 0.3) is 0 Å². The van der Waals surface area contributed by atoms with Gasteiger partial charge in [0, 0.05) is 17.8 Å². The summed E-state index contributed by atoms with van der Waals surface area (Å²) in [5.74, 6) is 1.00. The van der Waals surface area contributed by atoms with Gasteiger partial charge in [-0.1, -0.05) is 26.2 Å². The second-order valence-corrected chi connectivity index (χ2v) is 4.27. The van der Waals surface area contributed by atoms with Crippen molar-refractivity contribution in [3.8, 4) is 0 Å². The lowest BCUT2D eigenvalue weighted by atomic mass is 10.2. The number of nitrogens with zero attached hydrogens (tertiary/aromatic N) is 2. The molecule has 1 aliphatic carbocycles. The van der Waals surface area contributed by atoms with Gasteiger partial charge in [0.2, 0.25) is 0 Å². The van der Waals surface area contributed by atoms with Crippen LogP contribution in [-0.2, 0) is 6.42 Å². The first-order chi connectivity index (χ1) is 7.38. The molecule has 1 aliphatic rings. The monoisotopic (exact) mass is 205 g/mol. The fourth-order valence-corrected chi connectivity index (χ4v) is 2.15. The Balaban J connectivity index is 1.97. The van der Waals surface area contributed by atoms with Crippen LogP contribution in [0.25, 0.3) is 0 Å². The van der Waals surface area contributed by atoms with Gasteiger partial charge in [0.1, 0.15) is 12.1 Å². The molecule has 1 aromatic heterocycles. The third-order valence-electron chi connectivity index (χ3n) is 2.94. The summed E-state index contributed by atoms with van der Waals surface area (Å²) < 4.78 is 0. The SMILES string of the molecule is CCCc1cc(NC2CCCC2)ncn1. The van der Waals surface area contributed by atoms with Crippen LogP contribution in [0.15, 0.2) is 12.4 Å². The molecule has 1 aromatic rings. The van der Waals surface area contributed by atoms with Crippen LogP contribution in [0.5, 0.6) is 0 Å². The Morgan fingerprint density at radius 1 is 1.33 bits per heavy atom. The van der Waals surface area contributed by atoms with E-state index in [0.717, 1.165) is 24.4 Å². The van der Waals surface area contributed by atoms with E-state index in [-0.39, 0.29) is 0 Å². The topological polar surface area (TPSA) is 37.8 Å². The fourth-order valence-electron chi connectivity index (χ4n) is 2.15. The summed E-state index contributed by atoms with van der Waals surface area (Å²) in [7, 11) is 0. The molecule has 0 amide bonds. The molecule has 0 atom stereocenters. The number of aryl methyl sites for hydroxylation is 1. The molecule has 1 heterocycles. The smallest absolute Gasteiger partial charge is 0.129 e. The highest BCUT2D eigenvalue weighted by molar-refractivity contribution is 5.36. The van der Waals surface area contributed by atoms with Crippen LogP contribution in [0.3, 0.4) is 0 Å². The molecule has 3 heteroatoms. The standard InChI is InChI=1S/C12H19N3/c1-2-5-11-8-12(14-9-13-11)15-10-6-3-4-7-10/h8-10H,2-7H2,1H3,(H,13,14,15). The molecule has 1 saturated carbocycles. The van der Waals surface area contributed by atoms with Crippen molar-refractivity contribution in [2.45, 2.75) is 51.5 Å². The summed E-state index contributed by atoms with van der Waals surface area (Å²) in [5, 5.41) is 3.49. The second-order valence-electron chi connectivity index (χ2n) is 4.27. The van der Waals surface area contributed by atoms with Crippen molar-refractivity contribution in [1.29, 1.82) is 0 Å². The van der Waals surface area contributed by atoms with Gasteiger partial charge in [-0.15, -0.1) is 0 Å². The van der Waals surface area contributed by atoms with Crippen LogP contribution in [0.1, 0.15) is 44.7 Å². The van der Waals surface area contributed by atoms with Crippen LogP contribution in [0, 0.1) is 0 Å². The molecule has 1 N–H and O–H groups in total. The summed E-state index contributed by atoms with van der Waals surface area (Å²) in [6, 6.07) is 2.72. The van der Waals surface area contributed by atoms with Gasteiger partial charge in [-0.25, -0.2) is 9.97 Å². The van der Waals surface area contributed by atoms with Gasteiger partial charge < -0.3 is 5.32 Å². The van der Waals surface area contributed by atoms with E-state index in [0.29, 0.717) is 6.04 Å². The first-order valence-corrected chi connectivity index (χ1v) is 5.96. The van der Waals surface area contributed by atoms with Gasteiger partial charge in [-0.3, -0.25) is 0 Å². The van der Waals surface area contributed by atoms with Crippen molar-refractivity contribution < 1.29 is 0 Å². The lowest BCUT2D eigenvalue weighted by Crippen LogP contribution is -2.15. The van der Waals surface area contributed by atoms with E-state index in [1.165, 1.54) is 25.7 Å². The number of hydrogen-bond donors (Lipinski definition) is 1. The Hall–Kier alpha value is -1.12. The molecule has 1 fully saturated rings. The Morgan fingerprint density at radius 2 is 2.13 bits per heavy atom. The molecular weight excluding hydrogens is 186 g/mol. The summed E-state index contributed by atoms with van der Waals surface area (Å²) in [6.07, 6.45) is 9.12. The Kier molecular flexibility index (Phi) is 3.54. The van der Waals surface area contributed by atoms with E-state index in [1.54, 1.807) is 6.33 Å². The molecule has 0 spiro atoms. The average Bonchev–Trinajstić information content (AvgIpc) is 2.71. The third kappa shape index (κ3) is 2.91. The summed E-state index contributed by atoms with van der Waals surface area (Å²) >= 11 is 0. The van der Waals surface area contributed by atoms with Gasteiger partial charge in [0.15, 0.2) is 0 Å². The molecule has 2 rings (SSSR count). The highest BCUT2D eigenvalue weighted by Crippen LogP contribution is 2.21. The van der Waals surface area contributed by atoms with Crippen molar-refractivity contribution in [2.24, 2.45) is 0 Å². The number of anilines is 1. The summed E-state index contributed by atoms with van der Waals surface area (Å²) in [5.41, 5.74) is 1.15. The minimum Gasteiger partial charge on any atom is -0.367 e. The largest absolute Gasteiger partial charge is 0.367 e. The first kappa shape index (κ1) is 10.4. The highest BCUT2D eigenvalue weighted by Gasteiger charge is 2.14. The quantitative estimate of drug-likeness (QED) is 0.821. The van der Waals surface area contributed by atoms with E-state index >= 15 is 0 Å². The lowest BCUT2D eigenvalue weighted by molar-refractivity contribution is 0.748. The normalized spacial score (nSPS) is 16.9. The van der Waals surface area contributed by atoms with Crippen LogP contribution in [-0.4, -0.2) is 16.0 Å². The van der Waals surface area contributed by atoms with E-state index in [9.17, 15) is 0 Å². The molecule has 0 saturated heterocycles. The van der Waals surface area contributed by atoms with Crippen molar-refractivity contribution >= 4 is 5.82 Å². The Bertz CT molecular complexity index is 305. The molecule has 0 aliphatic heterocycles.